The Hall–Kier alpha value is -2.76. The highest BCUT2D eigenvalue weighted by molar-refractivity contribution is 5.94. The molecule has 0 spiro atoms. The average molecular weight is 319 g/mol. The Morgan fingerprint density at radius 2 is 1.61 bits per heavy atom. The van der Waals surface area contributed by atoms with Gasteiger partial charge in [-0.2, -0.15) is 0 Å². The second kappa shape index (κ2) is 7.49. The molecule has 2 aromatic carbocycles. The van der Waals surface area contributed by atoms with Crippen molar-refractivity contribution in [1.29, 1.82) is 0 Å². The van der Waals surface area contributed by atoms with Gasteiger partial charge in [0.1, 0.15) is 11.6 Å². The minimum atomic E-state index is -0.565. The van der Waals surface area contributed by atoms with Crippen molar-refractivity contribution < 1.29 is 23.4 Å². The summed E-state index contributed by atoms with van der Waals surface area (Å²) in [6, 6.07) is 9.18. The fourth-order valence-corrected chi connectivity index (χ4v) is 2.15. The molecule has 1 N–H and O–H groups in total. The maximum Gasteiger partial charge on any atom is 0.254 e. The lowest BCUT2D eigenvalue weighted by molar-refractivity contribution is 0.0946. The van der Waals surface area contributed by atoms with Crippen molar-refractivity contribution >= 4 is 5.91 Å². The monoisotopic (exact) mass is 319 g/mol. The largest absolute Gasteiger partial charge is 0.496 e. The van der Waals surface area contributed by atoms with Crippen LogP contribution in [0.25, 0.3) is 0 Å². The van der Waals surface area contributed by atoms with Gasteiger partial charge >= 0.3 is 0 Å². The minimum Gasteiger partial charge on any atom is -0.496 e. The Labute approximate surface area is 134 Å². The standard InChI is InChI=1S/C17H18FNO4/c1-21-14-9-16(23-3)15(22-2)8-11(14)10-19-17(20)12-6-4-5-7-13(12)18/h4-9H,10H2,1-3H3,(H,19,20). The fraction of sp³-hybridized carbons (Fsp3) is 0.235. The molecule has 2 aromatic rings. The van der Waals surface area contributed by atoms with Gasteiger partial charge in [0.05, 0.1) is 26.9 Å². The van der Waals surface area contributed by atoms with E-state index in [1.54, 1.807) is 18.2 Å². The van der Waals surface area contributed by atoms with E-state index >= 15 is 0 Å². The van der Waals surface area contributed by atoms with Crippen molar-refractivity contribution in [3.05, 3.63) is 53.3 Å². The maximum atomic E-state index is 13.6. The molecule has 0 bridgehead atoms. The lowest BCUT2D eigenvalue weighted by Crippen LogP contribution is -2.24. The summed E-state index contributed by atoms with van der Waals surface area (Å²) in [4.78, 5) is 12.1. The molecular weight excluding hydrogens is 301 g/mol. The van der Waals surface area contributed by atoms with E-state index in [-0.39, 0.29) is 12.1 Å². The first-order valence-corrected chi connectivity index (χ1v) is 6.92. The molecule has 0 saturated carbocycles. The van der Waals surface area contributed by atoms with Crippen LogP contribution in [0.2, 0.25) is 0 Å². The highest BCUT2D eigenvalue weighted by Crippen LogP contribution is 2.34. The van der Waals surface area contributed by atoms with Crippen LogP contribution >= 0.6 is 0 Å². The quantitative estimate of drug-likeness (QED) is 0.889. The van der Waals surface area contributed by atoms with Crippen LogP contribution in [0.15, 0.2) is 36.4 Å². The minimum absolute atomic E-state index is 0.00746. The van der Waals surface area contributed by atoms with Crippen LogP contribution in [0.1, 0.15) is 15.9 Å². The number of carbonyl (C=O) groups is 1. The van der Waals surface area contributed by atoms with Crippen LogP contribution in [0.4, 0.5) is 4.39 Å². The van der Waals surface area contributed by atoms with Gasteiger partial charge in [-0.15, -0.1) is 0 Å². The molecule has 0 aliphatic carbocycles. The van der Waals surface area contributed by atoms with E-state index in [1.165, 1.54) is 39.5 Å². The second-order valence-electron chi connectivity index (χ2n) is 4.68. The zero-order valence-electron chi connectivity index (χ0n) is 13.2. The third kappa shape index (κ3) is 3.71. The summed E-state index contributed by atoms with van der Waals surface area (Å²) in [6.07, 6.45) is 0. The van der Waals surface area contributed by atoms with Gasteiger partial charge in [-0.3, -0.25) is 4.79 Å². The van der Waals surface area contributed by atoms with E-state index in [0.29, 0.717) is 22.8 Å². The normalized spacial score (nSPS) is 10.1. The maximum absolute atomic E-state index is 13.6. The lowest BCUT2D eigenvalue weighted by atomic mass is 10.1. The van der Waals surface area contributed by atoms with Crippen LogP contribution < -0.4 is 19.5 Å². The Bertz CT molecular complexity index is 703. The van der Waals surface area contributed by atoms with E-state index in [1.807, 2.05) is 0 Å². The molecule has 6 heteroatoms. The molecule has 0 heterocycles. The number of hydrogen-bond donors (Lipinski definition) is 1. The van der Waals surface area contributed by atoms with Crippen molar-refractivity contribution in [2.75, 3.05) is 21.3 Å². The molecule has 5 nitrogen and oxygen atoms in total. The number of rotatable bonds is 6. The summed E-state index contributed by atoms with van der Waals surface area (Å²) < 4.78 is 29.3. The number of nitrogens with one attached hydrogen (secondary N) is 1. The summed E-state index contributed by atoms with van der Waals surface area (Å²) >= 11 is 0. The van der Waals surface area contributed by atoms with Gasteiger partial charge in [0.2, 0.25) is 0 Å². The third-order valence-electron chi connectivity index (χ3n) is 3.34. The van der Waals surface area contributed by atoms with Crippen molar-refractivity contribution in [3.63, 3.8) is 0 Å². The van der Waals surface area contributed by atoms with Crippen molar-refractivity contribution in [3.8, 4) is 17.2 Å². The number of halogens is 1. The van der Waals surface area contributed by atoms with Crippen LogP contribution in [0.5, 0.6) is 17.2 Å². The van der Waals surface area contributed by atoms with Crippen LogP contribution in [0, 0.1) is 5.82 Å². The fourth-order valence-electron chi connectivity index (χ4n) is 2.15. The Morgan fingerprint density at radius 1 is 1.00 bits per heavy atom. The summed E-state index contributed by atoms with van der Waals surface area (Å²) in [5.74, 6) is 0.512. The zero-order valence-corrected chi connectivity index (χ0v) is 13.2. The molecule has 0 fully saturated rings. The summed E-state index contributed by atoms with van der Waals surface area (Å²) in [5.41, 5.74) is 0.682. The molecule has 2 rings (SSSR count). The topological polar surface area (TPSA) is 56.8 Å². The molecule has 122 valence electrons. The zero-order chi connectivity index (χ0) is 16.8. The van der Waals surface area contributed by atoms with Gasteiger partial charge in [0.25, 0.3) is 5.91 Å². The van der Waals surface area contributed by atoms with E-state index < -0.39 is 11.7 Å². The molecule has 1 amide bonds. The van der Waals surface area contributed by atoms with Crippen LogP contribution in [0.3, 0.4) is 0 Å². The number of hydrogen-bond acceptors (Lipinski definition) is 4. The number of ether oxygens (including phenoxy) is 3. The second-order valence-corrected chi connectivity index (χ2v) is 4.68. The van der Waals surface area contributed by atoms with Crippen LogP contribution in [-0.2, 0) is 6.54 Å². The first-order valence-electron chi connectivity index (χ1n) is 6.92. The number of amides is 1. The van der Waals surface area contributed by atoms with E-state index in [2.05, 4.69) is 5.32 Å². The van der Waals surface area contributed by atoms with Crippen molar-refractivity contribution in [2.24, 2.45) is 0 Å². The van der Waals surface area contributed by atoms with E-state index in [0.717, 1.165) is 0 Å². The number of benzene rings is 2. The van der Waals surface area contributed by atoms with Gasteiger partial charge in [0.15, 0.2) is 11.5 Å². The predicted molar refractivity (Wildman–Crippen MR) is 83.7 cm³/mol. The molecule has 0 aliphatic heterocycles. The highest BCUT2D eigenvalue weighted by Gasteiger charge is 2.14. The summed E-state index contributed by atoms with van der Waals surface area (Å²) in [6.45, 7) is 0.163. The van der Waals surface area contributed by atoms with Crippen LogP contribution in [-0.4, -0.2) is 27.2 Å². The van der Waals surface area contributed by atoms with Gasteiger partial charge in [-0.05, 0) is 18.2 Å². The Morgan fingerprint density at radius 3 is 2.22 bits per heavy atom. The Kier molecular flexibility index (Phi) is 5.41. The lowest BCUT2D eigenvalue weighted by Gasteiger charge is -2.14. The number of carbonyl (C=O) groups excluding carboxylic acids is 1. The first kappa shape index (κ1) is 16.6. The van der Waals surface area contributed by atoms with Gasteiger partial charge in [-0.25, -0.2) is 4.39 Å². The number of methoxy groups -OCH3 is 3. The van der Waals surface area contributed by atoms with Crippen molar-refractivity contribution in [2.45, 2.75) is 6.54 Å². The smallest absolute Gasteiger partial charge is 0.254 e. The van der Waals surface area contributed by atoms with Gasteiger partial charge in [-0.1, -0.05) is 12.1 Å². The third-order valence-corrected chi connectivity index (χ3v) is 3.34. The van der Waals surface area contributed by atoms with E-state index in [9.17, 15) is 9.18 Å². The molecule has 0 saturated heterocycles. The summed E-state index contributed by atoms with van der Waals surface area (Å²) in [7, 11) is 4.56. The van der Waals surface area contributed by atoms with Gasteiger partial charge in [0, 0.05) is 18.2 Å². The molecule has 0 aromatic heterocycles. The van der Waals surface area contributed by atoms with Gasteiger partial charge < -0.3 is 19.5 Å². The molecule has 23 heavy (non-hydrogen) atoms. The van der Waals surface area contributed by atoms with Crippen molar-refractivity contribution in [1.82, 2.24) is 5.32 Å². The average Bonchev–Trinajstić information content (AvgIpc) is 2.59. The predicted octanol–water partition coefficient (Wildman–Crippen LogP) is 2.78. The molecule has 0 aliphatic rings. The SMILES string of the molecule is COc1cc(OC)c(OC)cc1CNC(=O)c1ccccc1F. The summed E-state index contributed by atoms with van der Waals surface area (Å²) in [5, 5.41) is 2.66. The molecular formula is C17H18FNO4. The highest BCUT2D eigenvalue weighted by atomic mass is 19.1. The first-order chi connectivity index (χ1) is 11.1. The van der Waals surface area contributed by atoms with E-state index in [4.69, 9.17) is 14.2 Å². The molecule has 0 unspecified atom stereocenters. The molecule has 0 radical (unpaired) electrons. The Balaban J connectivity index is 2.20. The molecule has 0 atom stereocenters.